The van der Waals surface area contributed by atoms with Gasteiger partial charge < -0.3 is 14.6 Å². The Morgan fingerprint density at radius 3 is 2.58 bits per heavy atom. The number of rotatable bonds is 3. The Morgan fingerprint density at radius 1 is 1.00 bits per heavy atom. The van der Waals surface area contributed by atoms with Crippen molar-refractivity contribution < 1.29 is 18.0 Å². The number of nitrogens with zero attached hydrogens (tertiary/aromatic N) is 2. The van der Waals surface area contributed by atoms with Crippen molar-refractivity contribution in [3.63, 3.8) is 0 Å². The number of aryl methyl sites for hydroxylation is 2. The van der Waals surface area contributed by atoms with Crippen LogP contribution in [0.15, 0.2) is 59.0 Å². The molecule has 1 aromatic heterocycles. The lowest BCUT2D eigenvalue weighted by Crippen LogP contribution is -2.34. The van der Waals surface area contributed by atoms with Crippen LogP contribution in [0, 0.1) is 25.5 Å². The van der Waals surface area contributed by atoms with Crippen LogP contribution in [0.2, 0.25) is 0 Å². The highest BCUT2D eigenvalue weighted by atomic mass is 19.2. The molecule has 1 aliphatic rings. The number of nitrogens with one attached hydrogen (secondary N) is 1. The number of benzene rings is 3. The van der Waals surface area contributed by atoms with E-state index >= 15 is 0 Å². The molecular formula is C26H23F2N3O2. The molecule has 0 aliphatic carbocycles. The summed E-state index contributed by atoms with van der Waals surface area (Å²) in [7, 11) is 0. The first-order chi connectivity index (χ1) is 15.9. The van der Waals surface area contributed by atoms with Gasteiger partial charge in [-0.1, -0.05) is 18.2 Å². The maximum Gasteiger partial charge on any atom is 0.322 e. The zero-order valence-electron chi connectivity index (χ0n) is 18.4. The van der Waals surface area contributed by atoms with Crippen LogP contribution < -0.4 is 5.32 Å². The van der Waals surface area contributed by atoms with E-state index in [2.05, 4.69) is 10.3 Å². The molecule has 5 rings (SSSR count). The summed E-state index contributed by atoms with van der Waals surface area (Å²) in [6.45, 7) is 4.65. The predicted molar refractivity (Wildman–Crippen MR) is 123 cm³/mol. The number of fused-ring (bicyclic) bond motifs is 1. The SMILES string of the molecule is Cc1ccc(NC(=O)N2CCCC2c2nc3cc(-c4ccc(F)c(F)c4)ccc3o2)cc1C. The van der Waals surface area contributed by atoms with Gasteiger partial charge in [-0.2, -0.15) is 0 Å². The first kappa shape index (κ1) is 21.1. The number of oxazole rings is 1. The minimum absolute atomic E-state index is 0.189. The minimum atomic E-state index is -0.898. The van der Waals surface area contributed by atoms with Crippen molar-refractivity contribution in [3.8, 4) is 11.1 Å². The van der Waals surface area contributed by atoms with E-state index in [1.54, 1.807) is 23.1 Å². The molecule has 1 unspecified atom stereocenters. The van der Waals surface area contributed by atoms with Crippen LogP contribution in [0.4, 0.5) is 19.3 Å². The van der Waals surface area contributed by atoms with Crippen molar-refractivity contribution in [2.75, 3.05) is 11.9 Å². The fraction of sp³-hybridized carbons (Fsp3) is 0.231. The summed E-state index contributed by atoms with van der Waals surface area (Å²) in [5, 5.41) is 2.98. The van der Waals surface area contributed by atoms with Gasteiger partial charge in [-0.05, 0) is 85.3 Å². The Balaban J connectivity index is 1.39. The monoisotopic (exact) mass is 447 g/mol. The average molecular weight is 447 g/mol. The molecule has 4 aromatic rings. The van der Waals surface area contributed by atoms with Crippen molar-refractivity contribution in [2.24, 2.45) is 0 Å². The maximum absolute atomic E-state index is 13.7. The van der Waals surface area contributed by atoms with Crippen LogP contribution in [0.1, 0.15) is 35.9 Å². The van der Waals surface area contributed by atoms with E-state index in [1.165, 1.54) is 11.6 Å². The van der Waals surface area contributed by atoms with Crippen LogP contribution in [-0.4, -0.2) is 22.5 Å². The van der Waals surface area contributed by atoms with E-state index in [4.69, 9.17) is 4.42 Å². The van der Waals surface area contributed by atoms with E-state index in [-0.39, 0.29) is 12.1 Å². The lowest BCUT2D eigenvalue weighted by molar-refractivity contribution is 0.199. The summed E-state index contributed by atoms with van der Waals surface area (Å²) < 4.78 is 32.9. The molecule has 168 valence electrons. The Bertz CT molecular complexity index is 1370. The van der Waals surface area contributed by atoms with Gasteiger partial charge in [-0.25, -0.2) is 18.6 Å². The molecule has 0 spiro atoms. The third-order valence-corrected chi connectivity index (χ3v) is 6.21. The largest absolute Gasteiger partial charge is 0.438 e. The number of likely N-dealkylation sites (tertiary alicyclic amines) is 1. The highest BCUT2D eigenvalue weighted by molar-refractivity contribution is 5.90. The Hall–Kier alpha value is -3.74. The molecule has 1 aliphatic heterocycles. The predicted octanol–water partition coefficient (Wildman–Crippen LogP) is 6.76. The smallest absolute Gasteiger partial charge is 0.322 e. The zero-order valence-corrected chi connectivity index (χ0v) is 18.4. The number of carbonyl (C=O) groups excluding carboxylic acids is 1. The van der Waals surface area contributed by atoms with Gasteiger partial charge >= 0.3 is 6.03 Å². The van der Waals surface area contributed by atoms with Crippen molar-refractivity contribution in [1.29, 1.82) is 0 Å². The molecule has 5 nitrogen and oxygen atoms in total. The molecule has 3 aromatic carbocycles. The van der Waals surface area contributed by atoms with Gasteiger partial charge in [-0.3, -0.25) is 0 Å². The fourth-order valence-corrected chi connectivity index (χ4v) is 4.22. The van der Waals surface area contributed by atoms with Crippen molar-refractivity contribution in [2.45, 2.75) is 32.7 Å². The lowest BCUT2D eigenvalue weighted by atomic mass is 10.1. The maximum atomic E-state index is 13.7. The van der Waals surface area contributed by atoms with Crippen LogP contribution >= 0.6 is 0 Å². The second-order valence-corrected chi connectivity index (χ2v) is 8.44. The van der Waals surface area contributed by atoms with Crippen molar-refractivity contribution in [1.82, 2.24) is 9.88 Å². The topological polar surface area (TPSA) is 58.4 Å². The van der Waals surface area contributed by atoms with Gasteiger partial charge in [0.25, 0.3) is 0 Å². The molecule has 0 radical (unpaired) electrons. The van der Waals surface area contributed by atoms with Crippen LogP contribution in [0.5, 0.6) is 0 Å². The number of amides is 2. The second kappa shape index (κ2) is 8.31. The number of hydrogen-bond acceptors (Lipinski definition) is 3. The van der Waals surface area contributed by atoms with Gasteiger partial charge in [0, 0.05) is 12.2 Å². The molecule has 0 saturated carbocycles. The normalized spacial score (nSPS) is 15.9. The molecule has 7 heteroatoms. The molecule has 2 amide bonds. The molecule has 33 heavy (non-hydrogen) atoms. The lowest BCUT2D eigenvalue weighted by Gasteiger charge is -2.22. The average Bonchev–Trinajstić information content (AvgIpc) is 3.44. The van der Waals surface area contributed by atoms with Gasteiger partial charge in [-0.15, -0.1) is 0 Å². The molecule has 1 N–H and O–H groups in total. The van der Waals surface area contributed by atoms with E-state index in [0.29, 0.717) is 34.7 Å². The van der Waals surface area contributed by atoms with Gasteiger partial charge in [0.1, 0.15) is 11.6 Å². The number of anilines is 1. The summed E-state index contributed by atoms with van der Waals surface area (Å²) in [4.78, 5) is 19.4. The number of hydrogen-bond donors (Lipinski definition) is 1. The standard InChI is InChI=1S/C26H23F2N3O2/c1-15-5-8-19(12-16(15)2)29-26(32)31-11-3-4-23(31)25-30-22-14-18(7-10-24(22)33-25)17-6-9-20(27)21(28)13-17/h5-10,12-14,23H,3-4,11H2,1-2H3,(H,29,32). The van der Waals surface area contributed by atoms with E-state index in [9.17, 15) is 13.6 Å². The molecular weight excluding hydrogens is 424 g/mol. The van der Waals surface area contributed by atoms with Crippen molar-refractivity contribution in [3.05, 3.63) is 83.2 Å². The third kappa shape index (κ3) is 4.06. The summed E-state index contributed by atoms with van der Waals surface area (Å²) in [6, 6.07) is 14.5. The quantitative estimate of drug-likeness (QED) is 0.378. The highest BCUT2D eigenvalue weighted by Crippen LogP contribution is 2.35. The van der Waals surface area contributed by atoms with Crippen LogP contribution in [-0.2, 0) is 0 Å². The van der Waals surface area contributed by atoms with Gasteiger partial charge in [0.2, 0.25) is 5.89 Å². The number of urea groups is 1. The minimum Gasteiger partial charge on any atom is -0.438 e. The Kier molecular flexibility index (Phi) is 5.32. The van der Waals surface area contributed by atoms with Gasteiger partial charge in [0.15, 0.2) is 17.2 Å². The fourth-order valence-electron chi connectivity index (χ4n) is 4.22. The molecule has 2 heterocycles. The van der Waals surface area contributed by atoms with E-state index in [1.807, 2.05) is 32.0 Å². The third-order valence-electron chi connectivity index (χ3n) is 6.21. The molecule has 0 bridgehead atoms. The van der Waals surface area contributed by atoms with Crippen LogP contribution in [0.3, 0.4) is 0 Å². The Labute approximate surface area is 190 Å². The Morgan fingerprint density at radius 2 is 1.79 bits per heavy atom. The molecule has 1 fully saturated rings. The summed E-state index contributed by atoms with van der Waals surface area (Å²) >= 11 is 0. The van der Waals surface area contributed by atoms with Crippen LogP contribution in [0.25, 0.3) is 22.2 Å². The van der Waals surface area contributed by atoms with Gasteiger partial charge in [0.05, 0.1) is 0 Å². The first-order valence-electron chi connectivity index (χ1n) is 10.9. The second-order valence-electron chi connectivity index (χ2n) is 8.44. The molecule has 1 saturated heterocycles. The number of halogens is 2. The van der Waals surface area contributed by atoms with Crippen molar-refractivity contribution >= 4 is 22.8 Å². The van der Waals surface area contributed by atoms with E-state index in [0.717, 1.165) is 36.2 Å². The summed E-state index contributed by atoms with van der Waals surface area (Å²) in [5.74, 6) is -1.31. The molecule has 1 atom stereocenters. The number of carbonyl (C=O) groups is 1. The first-order valence-corrected chi connectivity index (χ1v) is 10.9. The number of aromatic nitrogens is 1. The summed E-state index contributed by atoms with van der Waals surface area (Å²) in [6.07, 6.45) is 1.60. The van der Waals surface area contributed by atoms with E-state index < -0.39 is 11.6 Å². The highest BCUT2D eigenvalue weighted by Gasteiger charge is 2.33. The zero-order chi connectivity index (χ0) is 23.1. The summed E-state index contributed by atoms with van der Waals surface area (Å²) in [5.41, 5.74) is 5.48.